The van der Waals surface area contributed by atoms with E-state index in [1.165, 1.54) is 0 Å². The van der Waals surface area contributed by atoms with Gasteiger partial charge in [-0.25, -0.2) is 13.2 Å². The van der Waals surface area contributed by atoms with E-state index in [1.807, 2.05) is 6.07 Å². The molecule has 0 heterocycles. The largest absolute Gasteiger partial charge is 0.384 e. The minimum absolute atomic E-state index is 0.268. The molecule has 2 aromatic rings. The zero-order chi connectivity index (χ0) is 17.9. The second-order valence-corrected chi connectivity index (χ2v) is 6.17. The maximum absolute atomic E-state index is 13.5. The lowest BCUT2D eigenvalue weighted by molar-refractivity contribution is 0.448. The van der Waals surface area contributed by atoms with Gasteiger partial charge in [-0.2, -0.15) is 0 Å². The molecule has 0 saturated carbocycles. The number of hydrogen-bond acceptors (Lipinski definition) is 2. The number of anilines is 1. The molecule has 2 rings (SSSR count). The van der Waals surface area contributed by atoms with Crippen LogP contribution in [-0.4, -0.2) is 12.3 Å². The molecular weight excluding hydrogens is 313 g/mol. The average molecular weight is 334 g/mol. The summed E-state index contributed by atoms with van der Waals surface area (Å²) in [5.74, 6) is -3.60. The van der Waals surface area contributed by atoms with Crippen LogP contribution in [0, 0.1) is 22.9 Å². The molecule has 0 spiro atoms. The van der Waals surface area contributed by atoms with Gasteiger partial charge in [0.1, 0.15) is 0 Å². The van der Waals surface area contributed by atoms with Gasteiger partial charge in [-0.1, -0.05) is 26.0 Å². The van der Waals surface area contributed by atoms with Crippen LogP contribution in [0.15, 0.2) is 30.3 Å². The monoisotopic (exact) mass is 334 g/mol. The van der Waals surface area contributed by atoms with Crippen molar-refractivity contribution in [3.8, 4) is 11.1 Å². The zero-order valence-electron chi connectivity index (χ0n) is 14.0. The Kier molecular flexibility index (Phi) is 5.65. The fourth-order valence-electron chi connectivity index (χ4n) is 2.50. The van der Waals surface area contributed by atoms with Gasteiger partial charge in [0.25, 0.3) is 0 Å². The molecule has 0 aliphatic heterocycles. The van der Waals surface area contributed by atoms with Gasteiger partial charge >= 0.3 is 0 Å². The first kappa shape index (κ1) is 18.0. The number of benzene rings is 2. The summed E-state index contributed by atoms with van der Waals surface area (Å²) in [6.45, 7) is 6.45. The molecule has 0 bridgehead atoms. The quantitative estimate of drug-likeness (QED) is 0.513. The van der Waals surface area contributed by atoms with Crippen LogP contribution < -0.4 is 5.32 Å². The molecular formula is C19H21F3N2. The van der Waals surface area contributed by atoms with E-state index in [1.54, 1.807) is 19.1 Å². The highest BCUT2D eigenvalue weighted by Crippen LogP contribution is 2.31. The number of rotatable bonds is 6. The van der Waals surface area contributed by atoms with Gasteiger partial charge in [-0.05, 0) is 47.7 Å². The van der Waals surface area contributed by atoms with E-state index < -0.39 is 17.5 Å². The lowest BCUT2D eigenvalue weighted by Gasteiger charge is -2.16. The van der Waals surface area contributed by atoms with E-state index in [0.717, 1.165) is 23.4 Å². The summed E-state index contributed by atoms with van der Waals surface area (Å²) in [5, 5.41) is 10.8. The smallest absolute Gasteiger partial charge is 0.194 e. The van der Waals surface area contributed by atoms with Gasteiger partial charge in [0.15, 0.2) is 17.5 Å². The number of hydrogen-bond donors (Lipinski definition) is 2. The summed E-state index contributed by atoms with van der Waals surface area (Å²) in [6, 6.07) is 7.47. The van der Waals surface area contributed by atoms with E-state index in [9.17, 15) is 13.2 Å². The normalized spacial score (nSPS) is 11.0. The Balaban J connectivity index is 2.40. The first-order valence-corrected chi connectivity index (χ1v) is 7.86. The molecule has 0 aromatic heterocycles. The second kappa shape index (κ2) is 7.51. The fourth-order valence-corrected chi connectivity index (χ4v) is 2.50. The summed E-state index contributed by atoms with van der Waals surface area (Å²) in [7, 11) is 0. The lowest BCUT2D eigenvalue weighted by atomic mass is 9.96. The molecule has 2 aromatic carbocycles. The van der Waals surface area contributed by atoms with Crippen molar-refractivity contribution in [2.24, 2.45) is 0 Å². The third kappa shape index (κ3) is 4.16. The SMILES string of the molecule is CC(=N)CCNc1cc(-c2cc(F)c(F)c(F)c2)ccc1C(C)C. The standard InChI is InChI=1S/C19H21F3N2/c1-11(2)15-5-4-13(10-18(15)24-7-6-12(3)23)14-8-16(20)19(22)17(21)9-14/h4-5,8-11,23-24H,6-7H2,1-3H3. The van der Waals surface area contributed by atoms with Gasteiger partial charge in [-0.15, -0.1) is 0 Å². The highest BCUT2D eigenvalue weighted by atomic mass is 19.2. The van der Waals surface area contributed by atoms with Crippen molar-refractivity contribution in [1.29, 1.82) is 5.41 Å². The average Bonchev–Trinajstić information content (AvgIpc) is 2.51. The van der Waals surface area contributed by atoms with Crippen molar-refractivity contribution in [3.63, 3.8) is 0 Å². The minimum Gasteiger partial charge on any atom is -0.384 e. The van der Waals surface area contributed by atoms with Gasteiger partial charge < -0.3 is 10.7 Å². The van der Waals surface area contributed by atoms with E-state index in [-0.39, 0.29) is 11.5 Å². The summed E-state index contributed by atoms with van der Waals surface area (Å²) >= 11 is 0. The highest BCUT2D eigenvalue weighted by Gasteiger charge is 2.13. The highest BCUT2D eigenvalue weighted by molar-refractivity contribution is 5.79. The van der Waals surface area contributed by atoms with Gasteiger partial charge in [0.05, 0.1) is 0 Å². The van der Waals surface area contributed by atoms with Crippen molar-refractivity contribution in [2.75, 3.05) is 11.9 Å². The molecule has 128 valence electrons. The molecule has 0 radical (unpaired) electrons. The van der Waals surface area contributed by atoms with Crippen LogP contribution in [0.2, 0.25) is 0 Å². The Hall–Kier alpha value is -2.30. The van der Waals surface area contributed by atoms with Crippen LogP contribution >= 0.6 is 0 Å². The van der Waals surface area contributed by atoms with Crippen molar-refractivity contribution in [2.45, 2.75) is 33.1 Å². The molecule has 2 N–H and O–H groups in total. The fraction of sp³-hybridized carbons (Fsp3) is 0.316. The summed E-state index contributed by atoms with van der Waals surface area (Å²) in [4.78, 5) is 0. The maximum atomic E-state index is 13.5. The van der Waals surface area contributed by atoms with Crippen LogP contribution in [0.1, 0.15) is 38.7 Å². The Morgan fingerprint density at radius 3 is 2.21 bits per heavy atom. The van der Waals surface area contributed by atoms with E-state index in [0.29, 0.717) is 24.2 Å². The molecule has 0 aliphatic carbocycles. The topological polar surface area (TPSA) is 35.9 Å². The first-order valence-electron chi connectivity index (χ1n) is 7.86. The number of nitrogens with one attached hydrogen (secondary N) is 2. The molecule has 24 heavy (non-hydrogen) atoms. The maximum Gasteiger partial charge on any atom is 0.194 e. The Morgan fingerprint density at radius 2 is 1.67 bits per heavy atom. The third-order valence-corrected chi connectivity index (χ3v) is 3.81. The summed E-state index contributed by atoms with van der Waals surface area (Å²) in [6.07, 6.45) is 0.613. The second-order valence-electron chi connectivity index (χ2n) is 6.17. The lowest BCUT2D eigenvalue weighted by Crippen LogP contribution is -2.08. The molecule has 0 unspecified atom stereocenters. The summed E-state index contributed by atoms with van der Waals surface area (Å²) < 4.78 is 40.1. The van der Waals surface area contributed by atoms with Crippen molar-refractivity contribution >= 4 is 11.4 Å². The van der Waals surface area contributed by atoms with Crippen LogP contribution in [0.4, 0.5) is 18.9 Å². The molecule has 0 saturated heterocycles. The van der Waals surface area contributed by atoms with Gasteiger partial charge in [0.2, 0.25) is 0 Å². The Bertz CT molecular complexity index is 731. The van der Waals surface area contributed by atoms with E-state index in [2.05, 4.69) is 19.2 Å². The van der Waals surface area contributed by atoms with Crippen molar-refractivity contribution in [3.05, 3.63) is 53.3 Å². The van der Waals surface area contributed by atoms with Crippen LogP contribution in [0.5, 0.6) is 0 Å². The zero-order valence-corrected chi connectivity index (χ0v) is 14.0. The van der Waals surface area contributed by atoms with Crippen LogP contribution in [-0.2, 0) is 0 Å². The van der Waals surface area contributed by atoms with Gasteiger partial charge in [-0.3, -0.25) is 0 Å². The van der Waals surface area contributed by atoms with Crippen LogP contribution in [0.3, 0.4) is 0 Å². The Labute approximate surface area is 140 Å². The molecule has 5 heteroatoms. The molecule has 0 amide bonds. The third-order valence-electron chi connectivity index (χ3n) is 3.81. The molecule has 0 fully saturated rings. The molecule has 2 nitrogen and oxygen atoms in total. The molecule has 0 atom stereocenters. The van der Waals surface area contributed by atoms with Crippen LogP contribution in [0.25, 0.3) is 11.1 Å². The van der Waals surface area contributed by atoms with Crippen molar-refractivity contribution in [1.82, 2.24) is 0 Å². The minimum atomic E-state index is -1.46. The Morgan fingerprint density at radius 1 is 1.04 bits per heavy atom. The van der Waals surface area contributed by atoms with E-state index >= 15 is 0 Å². The first-order chi connectivity index (χ1) is 11.3. The molecule has 0 aliphatic rings. The predicted molar refractivity (Wildman–Crippen MR) is 92.3 cm³/mol. The summed E-state index contributed by atoms with van der Waals surface area (Å²) in [5.41, 5.74) is 3.39. The number of halogens is 3. The van der Waals surface area contributed by atoms with Gasteiger partial charge in [0, 0.05) is 24.4 Å². The van der Waals surface area contributed by atoms with E-state index in [4.69, 9.17) is 5.41 Å². The van der Waals surface area contributed by atoms with Crippen molar-refractivity contribution < 1.29 is 13.2 Å². The predicted octanol–water partition coefficient (Wildman–Crippen LogP) is 5.74.